The molecule has 19 heavy (non-hydrogen) atoms. The predicted molar refractivity (Wildman–Crippen MR) is 75.8 cm³/mol. The van der Waals surface area contributed by atoms with Crippen LogP contribution in [0.25, 0.3) is 0 Å². The highest BCUT2D eigenvalue weighted by atomic mass is 127. The zero-order valence-corrected chi connectivity index (χ0v) is 13.4. The van der Waals surface area contributed by atoms with Gasteiger partial charge in [0.15, 0.2) is 0 Å². The maximum atomic E-state index is 13.1. The molecule has 1 rings (SSSR count). The van der Waals surface area contributed by atoms with Gasteiger partial charge in [0.1, 0.15) is 5.75 Å². The molecule has 2 nitrogen and oxygen atoms in total. The average molecular weight is 409 g/mol. The molecule has 0 aliphatic carbocycles. The van der Waals surface area contributed by atoms with Crippen molar-refractivity contribution in [3.05, 3.63) is 25.8 Å². The van der Waals surface area contributed by atoms with Gasteiger partial charge in [0.25, 0.3) is 0 Å². The lowest BCUT2D eigenvalue weighted by atomic mass is 9.72. The summed E-state index contributed by atoms with van der Waals surface area (Å²) >= 11 is 1.72. The molecule has 0 saturated heterocycles. The van der Waals surface area contributed by atoms with Crippen LogP contribution < -0.4 is 5.46 Å². The Morgan fingerprint density at radius 3 is 1.89 bits per heavy atom. The molecule has 0 aliphatic heterocycles. The van der Waals surface area contributed by atoms with Gasteiger partial charge in [0, 0.05) is 3.57 Å². The van der Waals surface area contributed by atoms with Crippen molar-refractivity contribution >= 4 is 45.3 Å². The fraction of sp³-hybridized carbons (Fsp3) is 0.400. The van der Waals surface area contributed by atoms with E-state index in [9.17, 15) is 25.3 Å². The topological polar surface area (TPSA) is 34.1 Å². The third-order valence-electron chi connectivity index (χ3n) is 3.02. The summed E-state index contributed by atoms with van der Waals surface area (Å²) in [6, 6.07) is 0. The SMILES string of the molecule is Cc1c(I)c(C)c([B-](F)(F)F)c(C)c1CS(=O)(=O)F. The van der Waals surface area contributed by atoms with E-state index >= 15 is 0 Å². The summed E-state index contributed by atoms with van der Waals surface area (Å²) in [6.07, 6.45) is 0. The van der Waals surface area contributed by atoms with Crippen LogP contribution in [0, 0.1) is 24.3 Å². The van der Waals surface area contributed by atoms with Gasteiger partial charge in [-0.15, -0.1) is 9.35 Å². The first-order valence-corrected chi connectivity index (χ1v) is 7.89. The lowest BCUT2D eigenvalue weighted by Gasteiger charge is -2.26. The molecule has 0 N–H and O–H groups in total. The summed E-state index contributed by atoms with van der Waals surface area (Å²) < 4.78 is 73.7. The minimum absolute atomic E-state index is 0.0584. The molecule has 0 bridgehead atoms. The zero-order valence-electron chi connectivity index (χ0n) is 10.4. The van der Waals surface area contributed by atoms with Gasteiger partial charge in [-0.1, -0.05) is 11.1 Å². The van der Waals surface area contributed by atoms with E-state index in [2.05, 4.69) is 0 Å². The molecule has 0 aromatic heterocycles. The molecule has 9 heteroatoms. The zero-order chi connectivity index (χ0) is 15.2. The van der Waals surface area contributed by atoms with E-state index in [1.807, 2.05) is 0 Å². The van der Waals surface area contributed by atoms with Crippen LogP contribution in [0.3, 0.4) is 0 Å². The van der Waals surface area contributed by atoms with E-state index in [1.165, 1.54) is 20.8 Å². The van der Waals surface area contributed by atoms with E-state index in [4.69, 9.17) is 0 Å². The van der Waals surface area contributed by atoms with Crippen molar-refractivity contribution in [2.24, 2.45) is 0 Å². The van der Waals surface area contributed by atoms with Crippen molar-refractivity contribution in [2.75, 3.05) is 0 Å². The fourth-order valence-electron chi connectivity index (χ4n) is 2.14. The third kappa shape index (κ3) is 3.62. The Balaban J connectivity index is 3.72. The van der Waals surface area contributed by atoms with Crippen molar-refractivity contribution in [2.45, 2.75) is 26.5 Å². The van der Waals surface area contributed by atoms with Crippen LogP contribution in [0.1, 0.15) is 22.3 Å². The number of halogens is 5. The molecule has 0 fully saturated rings. The summed E-state index contributed by atoms with van der Waals surface area (Å²) in [5, 5.41) is 0. The van der Waals surface area contributed by atoms with Crippen molar-refractivity contribution in [3.63, 3.8) is 0 Å². The molecule has 108 valence electrons. The van der Waals surface area contributed by atoms with E-state index in [0.717, 1.165) is 0 Å². The second-order valence-corrected chi connectivity index (χ2v) is 6.78. The lowest BCUT2D eigenvalue weighted by molar-refractivity contribution is 0.499. The summed E-state index contributed by atoms with van der Waals surface area (Å²) in [7, 11) is -4.88. The standard InChI is InChI=1S/C10H11BF4IO2S/c1-5-8(4-19(15,17)18)6(2)10(16)7(3)9(5)11(12,13)14/h4H2,1-3H3/q-1. The Bertz CT molecular complexity index is 626. The van der Waals surface area contributed by atoms with E-state index < -0.39 is 28.4 Å². The van der Waals surface area contributed by atoms with Crippen molar-refractivity contribution in [3.8, 4) is 0 Å². The average Bonchev–Trinajstić information content (AvgIpc) is 2.18. The Labute approximate surface area is 123 Å². The van der Waals surface area contributed by atoms with Gasteiger partial charge in [-0.2, -0.15) is 8.42 Å². The Morgan fingerprint density at radius 1 is 1.05 bits per heavy atom. The molecule has 0 atom stereocenters. The van der Waals surface area contributed by atoms with Crippen LogP contribution in [0.2, 0.25) is 0 Å². The molecule has 0 heterocycles. The first-order valence-electron chi connectivity index (χ1n) is 5.26. The normalized spacial score (nSPS) is 12.8. The minimum Gasteiger partial charge on any atom is -0.445 e. The maximum Gasteiger partial charge on any atom is 0.510 e. The molecular formula is C10H11BF4IO2S-. The summed E-state index contributed by atoms with van der Waals surface area (Å²) in [5.74, 6) is -1.03. The highest BCUT2D eigenvalue weighted by Gasteiger charge is 2.32. The summed E-state index contributed by atoms with van der Waals surface area (Å²) in [4.78, 5) is 0. The Hall–Kier alpha value is -0.315. The van der Waals surface area contributed by atoms with Gasteiger partial charge >= 0.3 is 17.2 Å². The van der Waals surface area contributed by atoms with Crippen molar-refractivity contribution in [1.82, 2.24) is 0 Å². The van der Waals surface area contributed by atoms with Crippen LogP contribution in [0.4, 0.5) is 16.8 Å². The minimum atomic E-state index is -5.28. The number of rotatable bonds is 3. The van der Waals surface area contributed by atoms with Gasteiger partial charge in [-0.3, -0.25) is 0 Å². The second kappa shape index (κ2) is 5.23. The van der Waals surface area contributed by atoms with Gasteiger partial charge in [0.2, 0.25) is 0 Å². The quantitative estimate of drug-likeness (QED) is 0.333. The van der Waals surface area contributed by atoms with Crippen LogP contribution >= 0.6 is 22.6 Å². The largest absolute Gasteiger partial charge is 0.510 e. The van der Waals surface area contributed by atoms with E-state index in [-0.39, 0.29) is 16.7 Å². The number of hydrogen-bond acceptors (Lipinski definition) is 2. The van der Waals surface area contributed by atoms with Crippen LogP contribution in [0.5, 0.6) is 0 Å². The van der Waals surface area contributed by atoms with Gasteiger partial charge in [-0.25, -0.2) is 0 Å². The second-order valence-electron chi connectivity index (χ2n) is 4.34. The summed E-state index contributed by atoms with van der Waals surface area (Å²) in [5.41, 5.74) is -0.701. The van der Waals surface area contributed by atoms with Crippen LogP contribution in [0.15, 0.2) is 0 Å². The molecular weight excluding hydrogens is 398 g/mol. The third-order valence-corrected chi connectivity index (χ3v) is 5.27. The molecule has 1 aromatic rings. The summed E-state index contributed by atoms with van der Waals surface area (Å²) in [6.45, 7) is -1.27. The van der Waals surface area contributed by atoms with Gasteiger partial charge < -0.3 is 12.9 Å². The monoisotopic (exact) mass is 409 g/mol. The number of benzene rings is 1. The van der Waals surface area contributed by atoms with E-state index in [0.29, 0.717) is 9.13 Å². The first kappa shape index (κ1) is 16.7. The molecule has 0 spiro atoms. The van der Waals surface area contributed by atoms with Crippen molar-refractivity contribution in [1.29, 1.82) is 0 Å². The van der Waals surface area contributed by atoms with E-state index in [1.54, 1.807) is 22.6 Å². The fourth-order valence-corrected chi connectivity index (χ4v) is 3.53. The van der Waals surface area contributed by atoms with Crippen LogP contribution in [-0.4, -0.2) is 15.4 Å². The maximum absolute atomic E-state index is 13.1. The predicted octanol–water partition coefficient (Wildman–Crippen LogP) is 3.07. The van der Waals surface area contributed by atoms with Gasteiger partial charge in [-0.05, 0) is 54.5 Å². The first-order chi connectivity index (χ1) is 8.36. The highest BCUT2D eigenvalue weighted by Crippen LogP contribution is 2.27. The Kier molecular flexibility index (Phi) is 4.61. The van der Waals surface area contributed by atoms with Gasteiger partial charge in [0.05, 0.1) is 0 Å². The smallest absolute Gasteiger partial charge is 0.445 e. The van der Waals surface area contributed by atoms with Crippen LogP contribution in [-0.2, 0) is 16.0 Å². The molecule has 1 aromatic carbocycles. The molecule has 0 amide bonds. The van der Waals surface area contributed by atoms with Crippen molar-refractivity contribution < 1.29 is 25.3 Å². The molecule has 0 radical (unpaired) electrons. The molecule has 0 aliphatic rings. The number of hydrogen-bond donors (Lipinski definition) is 0. The lowest BCUT2D eigenvalue weighted by Crippen LogP contribution is -2.40. The highest BCUT2D eigenvalue weighted by molar-refractivity contribution is 14.1. The molecule has 0 unspecified atom stereocenters. The Morgan fingerprint density at radius 2 is 1.53 bits per heavy atom. The molecule has 0 saturated carbocycles.